The molecule has 0 radical (unpaired) electrons. The molecule has 0 N–H and O–H groups in total. The minimum Gasteiger partial charge on any atom is -0.368 e. The molecular formula is C22H24F3N5O4. The first-order valence-electron chi connectivity index (χ1n) is 11.0. The molecular weight excluding hydrogens is 455 g/mol. The van der Waals surface area contributed by atoms with Gasteiger partial charge in [0, 0.05) is 57.1 Å². The second-order valence-corrected chi connectivity index (χ2v) is 8.41. The van der Waals surface area contributed by atoms with E-state index in [-0.39, 0.29) is 16.3 Å². The number of nitro benzene ring substituents is 2. The van der Waals surface area contributed by atoms with Gasteiger partial charge in [0.25, 0.3) is 11.4 Å². The first-order valence-corrected chi connectivity index (χ1v) is 11.0. The van der Waals surface area contributed by atoms with E-state index < -0.39 is 22.4 Å². The van der Waals surface area contributed by atoms with Crippen molar-refractivity contribution in [1.29, 1.82) is 0 Å². The van der Waals surface area contributed by atoms with Gasteiger partial charge >= 0.3 is 6.18 Å². The topological polar surface area (TPSA) is 96.0 Å². The fourth-order valence-corrected chi connectivity index (χ4v) is 4.57. The van der Waals surface area contributed by atoms with Gasteiger partial charge in [0.2, 0.25) is 0 Å². The van der Waals surface area contributed by atoms with Crippen molar-refractivity contribution in [2.45, 2.75) is 25.4 Å². The van der Waals surface area contributed by atoms with Crippen molar-refractivity contribution in [2.24, 2.45) is 0 Å². The maximum Gasteiger partial charge on any atom is 0.416 e. The third-order valence-electron chi connectivity index (χ3n) is 6.34. The summed E-state index contributed by atoms with van der Waals surface area (Å²) in [5, 5.41) is 23.0. The van der Waals surface area contributed by atoms with Gasteiger partial charge in [-0.1, -0.05) is 0 Å². The van der Waals surface area contributed by atoms with E-state index in [2.05, 4.69) is 0 Å². The van der Waals surface area contributed by atoms with Gasteiger partial charge in [-0.3, -0.25) is 20.2 Å². The van der Waals surface area contributed by atoms with Gasteiger partial charge in [0.05, 0.1) is 15.4 Å². The monoisotopic (exact) mass is 479 g/mol. The molecule has 34 heavy (non-hydrogen) atoms. The number of halogens is 3. The van der Waals surface area contributed by atoms with Crippen LogP contribution in [0.1, 0.15) is 24.8 Å². The molecule has 2 aliphatic rings. The predicted molar refractivity (Wildman–Crippen MR) is 122 cm³/mol. The zero-order valence-electron chi connectivity index (χ0n) is 18.3. The summed E-state index contributed by atoms with van der Waals surface area (Å²) in [6.07, 6.45) is -1.61. The molecule has 2 saturated heterocycles. The normalized spacial score (nSPS) is 17.1. The standard InChI is InChI=1S/C22H24F3N5O4/c23-22(24,25)16-4-6-18(21(14-16)30(33)34)28-12-10-26(11-13-28)17-5-7-19(29(31)32)20(15-17)27-8-2-1-3-9-27/h4-7,14-15H,1-3,8-13H2. The van der Waals surface area contributed by atoms with E-state index in [1.54, 1.807) is 11.0 Å². The lowest BCUT2D eigenvalue weighted by molar-refractivity contribution is -0.384. The van der Waals surface area contributed by atoms with Crippen LogP contribution in [-0.2, 0) is 6.18 Å². The summed E-state index contributed by atoms with van der Waals surface area (Å²) < 4.78 is 39.0. The average Bonchev–Trinajstić information content (AvgIpc) is 2.83. The Morgan fingerprint density at radius 2 is 1.26 bits per heavy atom. The number of benzene rings is 2. The van der Waals surface area contributed by atoms with Crippen LogP contribution in [0, 0.1) is 20.2 Å². The first-order chi connectivity index (χ1) is 16.1. The van der Waals surface area contributed by atoms with E-state index in [0.29, 0.717) is 37.9 Å². The van der Waals surface area contributed by atoms with E-state index in [0.717, 1.165) is 50.2 Å². The van der Waals surface area contributed by atoms with Crippen LogP contribution < -0.4 is 14.7 Å². The second kappa shape index (κ2) is 9.35. The van der Waals surface area contributed by atoms with Crippen LogP contribution >= 0.6 is 0 Å². The summed E-state index contributed by atoms with van der Waals surface area (Å²) in [7, 11) is 0. The Labute approximate surface area is 193 Å². The predicted octanol–water partition coefficient (Wildman–Crippen LogP) is 4.84. The SMILES string of the molecule is O=[N+]([O-])c1ccc(N2CCN(c3ccc(C(F)(F)F)cc3[N+](=O)[O-])CC2)cc1N1CCCCC1. The smallest absolute Gasteiger partial charge is 0.368 e. The highest BCUT2D eigenvalue weighted by Gasteiger charge is 2.34. The van der Waals surface area contributed by atoms with Crippen molar-refractivity contribution in [3.63, 3.8) is 0 Å². The van der Waals surface area contributed by atoms with Crippen LogP contribution in [-0.4, -0.2) is 49.1 Å². The molecule has 0 spiro atoms. The average molecular weight is 479 g/mol. The number of hydrogen-bond donors (Lipinski definition) is 0. The Hall–Kier alpha value is -3.57. The van der Waals surface area contributed by atoms with Gasteiger partial charge in [-0.15, -0.1) is 0 Å². The van der Waals surface area contributed by atoms with E-state index in [1.165, 1.54) is 6.07 Å². The second-order valence-electron chi connectivity index (χ2n) is 8.41. The molecule has 2 fully saturated rings. The van der Waals surface area contributed by atoms with Crippen LogP contribution in [0.15, 0.2) is 36.4 Å². The van der Waals surface area contributed by atoms with Gasteiger partial charge in [-0.25, -0.2) is 0 Å². The third-order valence-corrected chi connectivity index (χ3v) is 6.34. The van der Waals surface area contributed by atoms with Crippen molar-refractivity contribution in [2.75, 3.05) is 54.0 Å². The number of anilines is 3. The molecule has 9 nitrogen and oxygen atoms in total. The summed E-state index contributed by atoms with van der Waals surface area (Å²) in [6, 6.07) is 7.60. The number of nitro groups is 2. The Balaban J connectivity index is 1.53. The van der Waals surface area contributed by atoms with E-state index in [1.807, 2.05) is 15.9 Å². The van der Waals surface area contributed by atoms with Gasteiger partial charge in [0.1, 0.15) is 11.4 Å². The molecule has 2 aliphatic heterocycles. The highest BCUT2D eigenvalue weighted by Crippen LogP contribution is 2.38. The van der Waals surface area contributed by atoms with Crippen LogP contribution in [0.5, 0.6) is 0 Å². The first kappa shape index (κ1) is 23.6. The molecule has 2 aromatic carbocycles. The molecule has 0 bridgehead atoms. The van der Waals surface area contributed by atoms with Crippen molar-refractivity contribution < 1.29 is 23.0 Å². The van der Waals surface area contributed by atoms with E-state index >= 15 is 0 Å². The molecule has 0 saturated carbocycles. The summed E-state index contributed by atoms with van der Waals surface area (Å²) >= 11 is 0. The molecule has 182 valence electrons. The van der Waals surface area contributed by atoms with E-state index in [4.69, 9.17) is 0 Å². The van der Waals surface area contributed by atoms with Gasteiger partial charge in [-0.05, 0) is 43.5 Å². The van der Waals surface area contributed by atoms with Crippen molar-refractivity contribution in [1.82, 2.24) is 0 Å². The largest absolute Gasteiger partial charge is 0.416 e. The van der Waals surface area contributed by atoms with Crippen LogP contribution in [0.3, 0.4) is 0 Å². The number of rotatable bonds is 5. The van der Waals surface area contributed by atoms with Crippen molar-refractivity contribution in [3.05, 3.63) is 62.2 Å². The summed E-state index contributed by atoms with van der Waals surface area (Å²) in [5.41, 5.74) is -0.0283. The molecule has 0 aromatic heterocycles. The van der Waals surface area contributed by atoms with Crippen LogP contribution in [0.25, 0.3) is 0 Å². The minimum atomic E-state index is -4.66. The molecule has 12 heteroatoms. The number of hydrogen-bond acceptors (Lipinski definition) is 7. The van der Waals surface area contributed by atoms with Gasteiger partial charge in [-0.2, -0.15) is 13.2 Å². The van der Waals surface area contributed by atoms with Gasteiger partial charge in [0.15, 0.2) is 0 Å². The quantitative estimate of drug-likeness (QED) is 0.447. The maximum atomic E-state index is 13.0. The summed E-state index contributed by atoms with van der Waals surface area (Å²) in [4.78, 5) is 27.6. The number of piperazine rings is 1. The Morgan fingerprint density at radius 1 is 0.676 bits per heavy atom. The minimum absolute atomic E-state index is 0.0599. The lowest BCUT2D eigenvalue weighted by atomic mass is 10.1. The van der Waals surface area contributed by atoms with E-state index in [9.17, 15) is 33.4 Å². The van der Waals surface area contributed by atoms with Crippen LogP contribution in [0.2, 0.25) is 0 Å². The molecule has 0 atom stereocenters. The summed E-state index contributed by atoms with van der Waals surface area (Å²) in [5.74, 6) is 0. The van der Waals surface area contributed by atoms with Crippen molar-refractivity contribution in [3.8, 4) is 0 Å². The van der Waals surface area contributed by atoms with Crippen LogP contribution in [0.4, 0.5) is 41.6 Å². The summed E-state index contributed by atoms with van der Waals surface area (Å²) in [6.45, 7) is 3.18. The highest BCUT2D eigenvalue weighted by atomic mass is 19.4. The molecule has 0 amide bonds. The third kappa shape index (κ3) is 4.85. The Kier molecular flexibility index (Phi) is 6.49. The lowest BCUT2D eigenvalue weighted by Crippen LogP contribution is -2.46. The molecule has 0 unspecified atom stereocenters. The molecule has 2 aromatic rings. The zero-order valence-corrected chi connectivity index (χ0v) is 18.3. The molecule has 4 rings (SSSR count). The van der Waals surface area contributed by atoms with Gasteiger partial charge < -0.3 is 14.7 Å². The number of piperidine rings is 1. The zero-order chi connectivity index (χ0) is 24.5. The van der Waals surface area contributed by atoms with Crippen molar-refractivity contribution >= 4 is 28.4 Å². The highest BCUT2D eigenvalue weighted by molar-refractivity contribution is 5.71. The number of alkyl halides is 3. The fraction of sp³-hybridized carbons (Fsp3) is 0.455. The number of nitrogens with zero attached hydrogens (tertiary/aromatic N) is 5. The molecule has 2 heterocycles. The lowest BCUT2D eigenvalue weighted by Gasteiger charge is -2.37. The maximum absolute atomic E-state index is 13.0. The Morgan fingerprint density at radius 3 is 1.85 bits per heavy atom. The molecule has 0 aliphatic carbocycles. The Bertz CT molecular complexity index is 1080. The fourth-order valence-electron chi connectivity index (χ4n) is 4.57.